The molecule has 1 amide bonds. The van der Waals surface area contributed by atoms with E-state index in [1.807, 2.05) is 20.8 Å². The molecule has 30 heavy (non-hydrogen) atoms. The number of hydrogen-bond donors (Lipinski definition) is 1. The van der Waals surface area contributed by atoms with Crippen LogP contribution >= 0.6 is 23.2 Å². The van der Waals surface area contributed by atoms with Crippen LogP contribution < -0.4 is 10.3 Å². The molecule has 1 aromatic carbocycles. The van der Waals surface area contributed by atoms with Crippen molar-refractivity contribution in [2.45, 2.75) is 71.5 Å². The summed E-state index contributed by atoms with van der Waals surface area (Å²) in [6.45, 7) is 8.06. The summed E-state index contributed by atoms with van der Waals surface area (Å²) in [5.74, 6) is 0.513. The maximum absolute atomic E-state index is 13.4. The Balaban J connectivity index is 2.30. The summed E-state index contributed by atoms with van der Waals surface area (Å²) < 4.78 is 7.88. The molecule has 0 saturated heterocycles. The van der Waals surface area contributed by atoms with E-state index in [2.05, 4.69) is 6.92 Å². The number of pyridine rings is 1. The summed E-state index contributed by atoms with van der Waals surface area (Å²) in [4.78, 5) is 26.8. The van der Waals surface area contributed by atoms with E-state index in [9.17, 15) is 14.7 Å². The molecule has 6 nitrogen and oxygen atoms in total. The summed E-state index contributed by atoms with van der Waals surface area (Å²) in [7, 11) is 0. The highest BCUT2D eigenvalue weighted by Crippen LogP contribution is 2.41. The number of amides is 1. The van der Waals surface area contributed by atoms with Gasteiger partial charge in [0.1, 0.15) is 5.75 Å². The Morgan fingerprint density at radius 1 is 1.23 bits per heavy atom. The summed E-state index contributed by atoms with van der Waals surface area (Å²) >= 11 is 12.5. The second-order valence-corrected chi connectivity index (χ2v) is 9.55. The largest absolute Gasteiger partial charge is 0.491 e. The maximum Gasteiger partial charge on any atom is 0.408 e. The van der Waals surface area contributed by atoms with Gasteiger partial charge in [-0.2, -0.15) is 0 Å². The van der Waals surface area contributed by atoms with Crippen molar-refractivity contribution in [2.75, 3.05) is 6.61 Å². The molecule has 0 bridgehead atoms. The van der Waals surface area contributed by atoms with E-state index < -0.39 is 11.6 Å². The number of fused-ring (bicyclic) bond motifs is 1. The quantitative estimate of drug-likeness (QED) is 0.512. The monoisotopic (exact) mass is 454 g/mol. The van der Waals surface area contributed by atoms with Crippen molar-refractivity contribution in [3.8, 4) is 5.75 Å². The van der Waals surface area contributed by atoms with Gasteiger partial charge in [0.2, 0.25) is 0 Å². The van der Waals surface area contributed by atoms with Crippen LogP contribution in [-0.2, 0) is 6.54 Å². The Morgan fingerprint density at radius 2 is 1.83 bits per heavy atom. The van der Waals surface area contributed by atoms with Crippen LogP contribution in [0.15, 0.2) is 16.9 Å². The zero-order valence-corrected chi connectivity index (χ0v) is 19.3. The van der Waals surface area contributed by atoms with Gasteiger partial charge < -0.3 is 14.4 Å². The Labute approximate surface area is 186 Å². The predicted octanol–water partition coefficient (Wildman–Crippen LogP) is 6.10. The minimum atomic E-state index is -1.05. The lowest BCUT2D eigenvalue weighted by Crippen LogP contribution is -2.45. The zero-order chi connectivity index (χ0) is 22.2. The second kappa shape index (κ2) is 8.67. The van der Waals surface area contributed by atoms with Gasteiger partial charge in [0.25, 0.3) is 5.56 Å². The Hall–Kier alpha value is -1.92. The molecule has 1 fully saturated rings. The normalized spacial score (nSPS) is 14.2. The third-order valence-electron chi connectivity index (χ3n) is 5.31. The summed E-state index contributed by atoms with van der Waals surface area (Å²) in [6.07, 6.45) is 2.48. The molecule has 8 heteroatoms. The molecular weight excluding hydrogens is 427 g/mol. The third kappa shape index (κ3) is 4.54. The van der Waals surface area contributed by atoms with Crippen LogP contribution in [0.4, 0.5) is 4.79 Å². The molecule has 164 valence electrons. The molecule has 0 unspecified atom stereocenters. The van der Waals surface area contributed by atoms with Gasteiger partial charge in [-0.05, 0) is 52.2 Å². The van der Waals surface area contributed by atoms with Gasteiger partial charge in [0, 0.05) is 17.0 Å². The standard InChI is InChI=1S/C22H28Cl2N2O4/c1-5-6-9-30-19-14-10-16(23)17(24)11-15(14)20(27)26(13-7-8-13)18(19)12-25(21(28)29)22(2,3)4/h10-11,13H,5-9,12H2,1-4H3,(H,28,29). The van der Waals surface area contributed by atoms with Crippen LogP contribution in [-0.4, -0.2) is 32.8 Å². The van der Waals surface area contributed by atoms with Crippen LogP contribution in [0.25, 0.3) is 10.8 Å². The van der Waals surface area contributed by atoms with Gasteiger partial charge in [-0.1, -0.05) is 36.5 Å². The molecule has 3 rings (SSSR count). The van der Waals surface area contributed by atoms with Crippen molar-refractivity contribution in [3.05, 3.63) is 38.2 Å². The third-order valence-corrected chi connectivity index (χ3v) is 6.03. The number of aromatic nitrogens is 1. The van der Waals surface area contributed by atoms with Gasteiger partial charge in [0.15, 0.2) is 0 Å². The Kier molecular flexibility index (Phi) is 6.58. The van der Waals surface area contributed by atoms with Crippen LogP contribution in [0.3, 0.4) is 0 Å². The number of unbranched alkanes of at least 4 members (excludes halogenated alkanes) is 1. The first-order valence-corrected chi connectivity index (χ1v) is 11.0. The van der Waals surface area contributed by atoms with E-state index in [1.54, 1.807) is 16.7 Å². The molecular formula is C22H28Cl2N2O4. The molecule has 1 N–H and O–H groups in total. The number of carboxylic acid groups (broad SMARTS) is 1. The van der Waals surface area contributed by atoms with Crippen LogP contribution in [0.5, 0.6) is 5.75 Å². The van der Waals surface area contributed by atoms with Crippen molar-refractivity contribution >= 4 is 40.1 Å². The second-order valence-electron chi connectivity index (χ2n) is 8.74. The topological polar surface area (TPSA) is 71.8 Å². The van der Waals surface area contributed by atoms with Crippen molar-refractivity contribution in [1.29, 1.82) is 0 Å². The highest BCUT2D eigenvalue weighted by Gasteiger charge is 2.34. The lowest BCUT2D eigenvalue weighted by atomic mass is 10.0. The average molecular weight is 455 g/mol. The molecule has 1 aromatic heterocycles. The maximum atomic E-state index is 13.4. The predicted molar refractivity (Wildman–Crippen MR) is 120 cm³/mol. The van der Waals surface area contributed by atoms with E-state index in [0.29, 0.717) is 38.9 Å². The van der Waals surface area contributed by atoms with E-state index in [4.69, 9.17) is 27.9 Å². The van der Waals surface area contributed by atoms with Crippen molar-refractivity contribution in [2.24, 2.45) is 0 Å². The lowest BCUT2D eigenvalue weighted by molar-refractivity contribution is 0.0928. The van der Waals surface area contributed by atoms with Crippen molar-refractivity contribution < 1.29 is 14.6 Å². The van der Waals surface area contributed by atoms with Crippen molar-refractivity contribution in [1.82, 2.24) is 9.47 Å². The van der Waals surface area contributed by atoms with E-state index in [0.717, 1.165) is 25.7 Å². The van der Waals surface area contributed by atoms with E-state index >= 15 is 0 Å². The zero-order valence-electron chi connectivity index (χ0n) is 17.8. The molecule has 0 spiro atoms. The number of carbonyl (C=O) groups is 1. The number of nitrogens with zero attached hydrogens (tertiary/aromatic N) is 2. The fourth-order valence-electron chi connectivity index (χ4n) is 3.52. The molecule has 2 aromatic rings. The smallest absolute Gasteiger partial charge is 0.408 e. The fraction of sp³-hybridized carbons (Fsp3) is 0.545. The molecule has 1 heterocycles. The first-order valence-electron chi connectivity index (χ1n) is 10.3. The van der Waals surface area contributed by atoms with Gasteiger partial charge in [-0.15, -0.1) is 0 Å². The molecule has 1 aliphatic carbocycles. The first-order chi connectivity index (χ1) is 14.1. The highest BCUT2D eigenvalue weighted by atomic mass is 35.5. The Bertz CT molecular complexity index is 1020. The van der Waals surface area contributed by atoms with Gasteiger partial charge >= 0.3 is 6.09 Å². The number of benzene rings is 1. The van der Waals surface area contributed by atoms with Gasteiger partial charge in [0.05, 0.1) is 34.3 Å². The first kappa shape index (κ1) is 22.8. The van der Waals surface area contributed by atoms with Crippen LogP contribution in [0, 0.1) is 0 Å². The van der Waals surface area contributed by atoms with Crippen LogP contribution in [0.1, 0.15) is 65.1 Å². The molecule has 0 aliphatic heterocycles. The van der Waals surface area contributed by atoms with E-state index in [-0.39, 0.29) is 18.1 Å². The number of ether oxygens (including phenoxy) is 1. The number of hydrogen-bond acceptors (Lipinski definition) is 3. The molecule has 1 saturated carbocycles. The van der Waals surface area contributed by atoms with Crippen LogP contribution in [0.2, 0.25) is 10.0 Å². The molecule has 0 atom stereocenters. The fourth-order valence-corrected chi connectivity index (χ4v) is 3.84. The summed E-state index contributed by atoms with van der Waals surface area (Å²) in [5, 5.41) is 11.5. The summed E-state index contributed by atoms with van der Waals surface area (Å²) in [6, 6.07) is 3.26. The highest BCUT2D eigenvalue weighted by molar-refractivity contribution is 6.42. The minimum absolute atomic E-state index is 0.0375. The molecule has 0 radical (unpaired) electrons. The minimum Gasteiger partial charge on any atom is -0.491 e. The number of halogens is 2. The average Bonchev–Trinajstić information content (AvgIpc) is 3.47. The summed E-state index contributed by atoms with van der Waals surface area (Å²) in [5.41, 5.74) is -0.270. The number of rotatable bonds is 7. The molecule has 1 aliphatic rings. The van der Waals surface area contributed by atoms with Gasteiger partial charge in [-0.3, -0.25) is 9.69 Å². The van der Waals surface area contributed by atoms with E-state index in [1.165, 1.54) is 4.90 Å². The lowest BCUT2D eigenvalue weighted by Gasteiger charge is -2.34. The van der Waals surface area contributed by atoms with Crippen molar-refractivity contribution in [3.63, 3.8) is 0 Å². The van der Waals surface area contributed by atoms with Gasteiger partial charge in [-0.25, -0.2) is 4.79 Å². The Morgan fingerprint density at radius 3 is 2.33 bits per heavy atom. The SMILES string of the molecule is CCCCOc1c(CN(C(=O)O)C(C)(C)C)n(C2CC2)c(=O)c2cc(Cl)c(Cl)cc12.